The highest BCUT2D eigenvalue weighted by atomic mass is 15.2. The van der Waals surface area contributed by atoms with Crippen LogP contribution in [0, 0.1) is 20.8 Å². The van der Waals surface area contributed by atoms with Crippen molar-refractivity contribution in [3.63, 3.8) is 0 Å². The summed E-state index contributed by atoms with van der Waals surface area (Å²) in [5, 5.41) is 7.01. The average Bonchev–Trinajstić information content (AvgIpc) is 2.50. The highest BCUT2D eigenvalue weighted by molar-refractivity contribution is 5.95. The molecular formula is C19H30N4. The maximum atomic E-state index is 6.26. The molecule has 4 N–H and O–H groups in total. The first-order valence-corrected chi connectivity index (χ1v) is 8.53. The van der Waals surface area contributed by atoms with Gasteiger partial charge in [-0.05, 0) is 44.7 Å². The second-order valence-electron chi connectivity index (χ2n) is 6.58. The Bertz CT molecular complexity index is 554. The minimum atomic E-state index is 0.194. The Labute approximate surface area is 140 Å². The smallest absolute Gasteiger partial charge is 0.196 e. The maximum absolute atomic E-state index is 6.26. The quantitative estimate of drug-likeness (QED) is 0.453. The SMILES string of the molecule is C=CCN=C(Nc1c(C)cc(C)cc1C)N[C@H]1CCCC[C@@H]1N. The highest BCUT2D eigenvalue weighted by Crippen LogP contribution is 2.22. The molecule has 0 unspecified atom stereocenters. The van der Waals surface area contributed by atoms with E-state index in [9.17, 15) is 0 Å². The van der Waals surface area contributed by atoms with Crippen LogP contribution in [-0.2, 0) is 0 Å². The van der Waals surface area contributed by atoms with E-state index >= 15 is 0 Å². The predicted molar refractivity (Wildman–Crippen MR) is 100 cm³/mol. The second-order valence-corrected chi connectivity index (χ2v) is 6.58. The van der Waals surface area contributed by atoms with E-state index in [1.807, 2.05) is 0 Å². The summed E-state index contributed by atoms with van der Waals surface area (Å²) in [6, 6.07) is 4.85. The summed E-state index contributed by atoms with van der Waals surface area (Å²) in [4.78, 5) is 4.59. The van der Waals surface area contributed by atoms with Gasteiger partial charge in [0.05, 0.1) is 6.54 Å². The van der Waals surface area contributed by atoms with Crippen molar-refractivity contribution in [3.05, 3.63) is 41.5 Å². The van der Waals surface area contributed by atoms with E-state index in [1.165, 1.54) is 29.5 Å². The van der Waals surface area contributed by atoms with Crippen molar-refractivity contribution >= 4 is 11.6 Å². The molecule has 1 aliphatic carbocycles. The lowest BCUT2D eigenvalue weighted by molar-refractivity contribution is 0.360. The first-order valence-electron chi connectivity index (χ1n) is 8.53. The Hall–Kier alpha value is -1.81. The zero-order valence-electron chi connectivity index (χ0n) is 14.7. The van der Waals surface area contributed by atoms with Gasteiger partial charge in [-0.1, -0.05) is 36.6 Å². The molecule has 0 saturated heterocycles. The largest absolute Gasteiger partial charge is 0.352 e. The first kappa shape index (κ1) is 17.5. The molecule has 0 aliphatic heterocycles. The Morgan fingerprint density at radius 1 is 1.26 bits per heavy atom. The fraction of sp³-hybridized carbons (Fsp3) is 0.526. The van der Waals surface area contributed by atoms with Crippen molar-refractivity contribution in [3.8, 4) is 0 Å². The van der Waals surface area contributed by atoms with Gasteiger partial charge >= 0.3 is 0 Å². The molecule has 2 rings (SSSR count). The van der Waals surface area contributed by atoms with E-state index in [-0.39, 0.29) is 12.1 Å². The number of nitrogens with two attached hydrogens (primary N) is 1. The number of nitrogens with zero attached hydrogens (tertiary/aromatic N) is 1. The van der Waals surface area contributed by atoms with Crippen LogP contribution in [0.5, 0.6) is 0 Å². The van der Waals surface area contributed by atoms with Crippen molar-refractivity contribution in [1.82, 2.24) is 5.32 Å². The number of aryl methyl sites for hydroxylation is 3. The van der Waals surface area contributed by atoms with Crippen LogP contribution >= 0.6 is 0 Å². The fourth-order valence-electron chi connectivity index (χ4n) is 3.29. The van der Waals surface area contributed by atoms with Crippen LogP contribution in [0.15, 0.2) is 29.8 Å². The summed E-state index contributed by atoms with van der Waals surface area (Å²) < 4.78 is 0. The number of nitrogens with one attached hydrogen (secondary N) is 2. The van der Waals surface area contributed by atoms with Crippen molar-refractivity contribution in [2.45, 2.75) is 58.5 Å². The molecule has 1 aliphatic rings. The van der Waals surface area contributed by atoms with Gasteiger partial charge in [0, 0.05) is 17.8 Å². The summed E-state index contributed by atoms with van der Waals surface area (Å²) in [5.74, 6) is 0.794. The summed E-state index contributed by atoms with van der Waals surface area (Å²) in [7, 11) is 0. The topological polar surface area (TPSA) is 62.4 Å². The zero-order chi connectivity index (χ0) is 16.8. The summed E-state index contributed by atoms with van der Waals surface area (Å²) >= 11 is 0. The third-order valence-electron chi connectivity index (χ3n) is 4.44. The number of hydrogen-bond acceptors (Lipinski definition) is 2. The monoisotopic (exact) mass is 314 g/mol. The van der Waals surface area contributed by atoms with Crippen LogP contribution < -0.4 is 16.4 Å². The van der Waals surface area contributed by atoms with Gasteiger partial charge in [0.1, 0.15) is 0 Å². The van der Waals surface area contributed by atoms with Crippen molar-refractivity contribution in [2.24, 2.45) is 10.7 Å². The molecule has 0 radical (unpaired) electrons. The van der Waals surface area contributed by atoms with Crippen LogP contribution in [-0.4, -0.2) is 24.6 Å². The van der Waals surface area contributed by atoms with Crippen molar-refractivity contribution in [1.29, 1.82) is 0 Å². The Balaban J connectivity index is 2.17. The molecule has 1 fully saturated rings. The summed E-state index contributed by atoms with van der Waals surface area (Å²) in [6.07, 6.45) is 6.43. The van der Waals surface area contributed by atoms with E-state index in [0.29, 0.717) is 6.54 Å². The fourth-order valence-corrected chi connectivity index (χ4v) is 3.29. The lowest BCUT2D eigenvalue weighted by atomic mass is 9.91. The van der Waals surface area contributed by atoms with Gasteiger partial charge in [-0.3, -0.25) is 0 Å². The lowest BCUT2D eigenvalue weighted by Crippen LogP contribution is -2.51. The molecule has 0 amide bonds. The average molecular weight is 314 g/mol. The number of anilines is 1. The van der Waals surface area contributed by atoms with Gasteiger partial charge in [-0.15, -0.1) is 6.58 Å². The third-order valence-corrected chi connectivity index (χ3v) is 4.44. The van der Waals surface area contributed by atoms with Gasteiger partial charge in [0.15, 0.2) is 5.96 Å². The number of benzene rings is 1. The zero-order valence-corrected chi connectivity index (χ0v) is 14.7. The van der Waals surface area contributed by atoms with Crippen LogP contribution in [0.3, 0.4) is 0 Å². The van der Waals surface area contributed by atoms with E-state index < -0.39 is 0 Å². The number of hydrogen-bond donors (Lipinski definition) is 3. The minimum absolute atomic E-state index is 0.194. The third kappa shape index (κ3) is 4.83. The minimum Gasteiger partial charge on any atom is -0.352 e. The lowest BCUT2D eigenvalue weighted by Gasteiger charge is -2.31. The molecule has 2 atom stereocenters. The Morgan fingerprint density at radius 3 is 2.52 bits per heavy atom. The van der Waals surface area contributed by atoms with Gasteiger partial charge in [0.25, 0.3) is 0 Å². The predicted octanol–water partition coefficient (Wildman–Crippen LogP) is 3.43. The Kier molecular flexibility index (Phi) is 6.22. The van der Waals surface area contributed by atoms with E-state index in [2.05, 4.69) is 55.1 Å². The molecule has 0 bridgehead atoms. The van der Waals surface area contributed by atoms with Gasteiger partial charge in [0.2, 0.25) is 0 Å². The normalized spacial score (nSPS) is 21.8. The van der Waals surface area contributed by atoms with Gasteiger partial charge in [-0.2, -0.15) is 0 Å². The van der Waals surface area contributed by atoms with Gasteiger partial charge < -0.3 is 16.4 Å². The molecule has 0 aromatic heterocycles. The van der Waals surface area contributed by atoms with Crippen molar-refractivity contribution in [2.75, 3.05) is 11.9 Å². The molecule has 126 valence electrons. The number of rotatable bonds is 4. The molecule has 0 heterocycles. The van der Waals surface area contributed by atoms with E-state index in [4.69, 9.17) is 5.73 Å². The van der Waals surface area contributed by atoms with Gasteiger partial charge in [-0.25, -0.2) is 4.99 Å². The Morgan fingerprint density at radius 2 is 1.91 bits per heavy atom. The molecule has 1 aromatic rings. The first-order chi connectivity index (χ1) is 11.0. The maximum Gasteiger partial charge on any atom is 0.196 e. The molecule has 1 saturated carbocycles. The van der Waals surface area contributed by atoms with Crippen molar-refractivity contribution < 1.29 is 0 Å². The molecule has 1 aromatic carbocycles. The molecule has 4 heteroatoms. The van der Waals surface area contributed by atoms with E-state index in [0.717, 1.165) is 24.5 Å². The molecule has 4 nitrogen and oxygen atoms in total. The summed E-state index contributed by atoms with van der Waals surface area (Å²) in [5.41, 5.74) is 11.1. The second kappa shape index (κ2) is 8.16. The van der Waals surface area contributed by atoms with Crippen LogP contribution in [0.2, 0.25) is 0 Å². The van der Waals surface area contributed by atoms with Crippen LogP contribution in [0.25, 0.3) is 0 Å². The molecule has 23 heavy (non-hydrogen) atoms. The van der Waals surface area contributed by atoms with Crippen LogP contribution in [0.4, 0.5) is 5.69 Å². The highest BCUT2D eigenvalue weighted by Gasteiger charge is 2.22. The molecular weight excluding hydrogens is 284 g/mol. The van der Waals surface area contributed by atoms with E-state index in [1.54, 1.807) is 6.08 Å². The molecule has 0 spiro atoms. The van der Waals surface area contributed by atoms with Crippen LogP contribution in [0.1, 0.15) is 42.4 Å². The number of aliphatic imine (C=N–C) groups is 1. The number of guanidine groups is 1. The standard InChI is InChI=1S/C19H30N4/c1-5-10-21-19(22-17-9-7-6-8-16(17)20)23-18-14(3)11-13(2)12-15(18)4/h5,11-12,16-17H,1,6-10,20H2,2-4H3,(H2,21,22,23)/t16-,17-/m0/s1. The summed E-state index contributed by atoms with van der Waals surface area (Å²) in [6.45, 7) is 10.7.